The van der Waals surface area contributed by atoms with Gasteiger partial charge in [-0.15, -0.1) is 12.4 Å². The summed E-state index contributed by atoms with van der Waals surface area (Å²) < 4.78 is 0. The molecule has 1 heterocycles. The molecule has 0 fully saturated rings. The summed E-state index contributed by atoms with van der Waals surface area (Å²) in [6.45, 7) is 0. The van der Waals surface area contributed by atoms with Gasteiger partial charge in [0, 0.05) is 25.7 Å². The van der Waals surface area contributed by atoms with Gasteiger partial charge in [0.25, 0.3) is 0 Å². The number of pyridine rings is 1. The molecule has 1 nitrogen and oxygen atoms in total. The molecule has 0 saturated carbocycles. The predicted molar refractivity (Wildman–Crippen MR) is 37.1 cm³/mol. The average molecular weight is 212 g/mol. The second kappa shape index (κ2) is 6.40. The molecule has 1 aromatic heterocycles. The van der Waals surface area contributed by atoms with Gasteiger partial charge in [-0.1, -0.05) is 17.2 Å². The Morgan fingerprint density at radius 3 is 2.22 bits per heavy atom. The van der Waals surface area contributed by atoms with E-state index in [-0.39, 0.29) is 31.9 Å². The maximum Gasteiger partial charge on any atom is 0.0249 e. The van der Waals surface area contributed by atoms with Gasteiger partial charge >= 0.3 is 0 Å². The molecule has 0 spiro atoms. The minimum Gasteiger partial charge on any atom is -0.760 e. The Morgan fingerprint density at radius 2 is 2.00 bits per heavy atom. The van der Waals surface area contributed by atoms with Crippen LogP contribution >= 0.6 is 12.4 Å². The summed E-state index contributed by atoms with van der Waals surface area (Å²) in [7, 11) is 0. The Labute approximate surface area is 78.8 Å². The zero-order chi connectivity index (χ0) is 5.11. The van der Waals surface area contributed by atoms with Crippen molar-refractivity contribution in [3.05, 3.63) is 24.4 Å². The molecule has 0 saturated heterocycles. The fourth-order valence-electron chi connectivity index (χ4n) is 0.347. The third kappa shape index (κ3) is 4.77. The van der Waals surface area contributed by atoms with E-state index in [1.165, 1.54) is 0 Å². The van der Waals surface area contributed by atoms with Crippen LogP contribution in [0.25, 0.3) is 0 Å². The van der Waals surface area contributed by atoms with Crippen LogP contribution < -0.4 is 0 Å². The van der Waals surface area contributed by atoms with Gasteiger partial charge in [0.1, 0.15) is 0 Å². The van der Waals surface area contributed by atoms with E-state index in [1.807, 2.05) is 12.1 Å². The molecule has 1 rings (SSSR count). The summed E-state index contributed by atoms with van der Waals surface area (Å²) in [5.41, 5.74) is 0. The molecule has 1 aromatic rings. The molecule has 0 atom stereocenters. The van der Waals surface area contributed by atoms with Crippen molar-refractivity contribution in [2.24, 2.45) is 0 Å². The van der Waals surface area contributed by atoms with Crippen molar-refractivity contribution >= 4 is 25.0 Å². The van der Waals surface area contributed by atoms with Gasteiger partial charge in [0.15, 0.2) is 0 Å². The van der Waals surface area contributed by atoms with Crippen molar-refractivity contribution in [1.29, 1.82) is 0 Å². The van der Waals surface area contributed by atoms with Crippen molar-refractivity contribution < 1.29 is 19.5 Å². The zero-order valence-corrected chi connectivity index (χ0v) is 9.38. The van der Waals surface area contributed by atoms with E-state index >= 15 is 0 Å². The minimum absolute atomic E-state index is 0. The van der Waals surface area contributed by atoms with Crippen LogP contribution in [0, 0.1) is 0 Å². The van der Waals surface area contributed by atoms with Crippen molar-refractivity contribution in [1.82, 2.24) is 4.98 Å². The average Bonchev–Trinajstić information content (AvgIpc) is 1.69. The van der Waals surface area contributed by atoms with Gasteiger partial charge in [0.05, 0.1) is 0 Å². The monoisotopic (exact) mass is 210 g/mol. The molecule has 0 aromatic carbocycles. The fourth-order valence-corrected chi connectivity index (χ4v) is 0.487. The van der Waals surface area contributed by atoms with Gasteiger partial charge in [0.2, 0.25) is 0 Å². The summed E-state index contributed by atoms with van der Waals surface area (Å²) in [5.74, 6) is 0. The van der Waals surface area contributed by atoms with E-state index in [2.05, 4.69) is 4.98 Å². The molecule has 0 amide bonds. The van der Waals surface area contributed by atoms with Gasteiger partial charge in [-0.2, -0.15) is 0 Å². The molecule has 0 radical (unpaired) electrons. The van der Waals surface area contributed by atoms with E-state index < -0.39 is 0 Å². The summed E-state index contributed by atoms with van der Waals surface area (Å²) >= 11 is 4.70. The van der Waals surface area contributed by atoms with E-state index in [1.54, 1.807) is 12.3 Å². The number of hydrogen-bond donors (Lipinski definition) is 0. The normalized spacial score (nSPS) is 6.67. The molecule has 0 aliphatic carbocycles. The number of nitrogens with zero attached hydrogens (tertiary/aromatic N) is 1. The SMILES string of the molecule is Cl.[S-]c1ccccn1.[Zn]. The Bertz CT molecular complexity index is 147. The molecule has 0 unspecified atom stereocenters. The number of rotatable bonds is 0. The van der Waals surface area contributed by atoms with E-state index in [0.29, 0.717) is 5.03 Å². The second-order valence-electron chi connectivity index (χ2n) is 1.17. The standard InChI is InChI=1S/C5H5NS.ClH.Zn/c7-5-3-1-2-4-6-5;;/h1-4H,(H,6,7);1H;/p-1. The van der Waals surface area contributed by atoms with Crippen molar-refractivity contribution in [2.45, 2.75) is 5.03 Å². The molecule has 0 aliphatic rings. The van der Waals surface area contributed by atoms with Crippen molar-refractivity contribution in [3.63, 3.8) is 0 Å². The van der Waals surface area contributed by atoms with Crippen LogP contribution in [0.4, 0.5) is 0 Å². The van der Waals surface area contributed by atoms with Crippen LogP contribution in [-0.4, -0.2) is 4.98 Å². The Balaban J connectivity index is 0. The predicted octanol–water partition coefficient (Wildman–Crippen LogP) is 1.41. The van der Waals surface area contributed by atoms with Gasteiger partial charge in [-0.25, -0.2) is 0 Å². The Hall–Kier alpha value is 0.283. The smallest absolute Gasteiger partial charge is 0.0249 e. The summed E-state index contributed by atoms with van der Waals surface area (Å²) in [6.07, 6.45) is 1.68. The van der Waals surface area contributed by atoms with Crippen LogP contribution in [-0.2, 0) is 32.1 Å². The van der Waals surface area contributed by atoms with Crippen LogP contribution in [0.1, 0.15) is 0 Å². The Morgan fingerprint density at radius 1 is 1.33 bits per heavy atom. The first-order chi connectivity index (χ1) is 3.39. The second-order valence-corrected chi connectivity index (χ2v) is 1.59. The van der Waals surface area contributed by atoms with Crippen molar-refractivity contribution in [3.8, 4) is 0 Å². The topological polar surface area (TPSA) is 12.9 Å². The third-order valence-corrected chi connectivity index (χ3v) is 0.879. The summed E-state index contributed by atoms with van der Waals surface area (Å²) in [4.78, 5) is 3.79. The molecule has 4 heteroatoms. The fraction of sp³-hybridized carbons (Fsp3) is 0. The Kier molecular flexibility index (Phi) is 8.54. The maximum absolute atomic E-state index is 4.70. The molecular formula is C5H5ClNSZn-. The largest absolute Gasteiger partial charge is 0.760 e. The van der Waals surface area contributed by atoms with Crippen LogP contribution in [0.5, 0.6) is 0 Å². The van der Waals surface area contributed by atoms with Crippen LogP contribution in [0.15, 0.2) is 29.4 Å². The molecule has 0 N–H and O–H groups in total. The summed E-state index contributed by atoms with van der Waals surface area (Å²) in [5, 5.41) is 0.655. The van der Waals surface area contributed by atoms with Crippen LogP contribution in [0.3, 0.4) is 0 Å². The summed E-state index contributed by atoms with van der Waals surface area (Å²) in [6, 6.07) is 5.50. The minimum atomic E-state index is 0. The van der Waals surface area contributed by atoms with Gasteiger partial charge < -0.3 is 12.6 Å². The first-order valence-electron chi connectivity index (χ1n) is 1.97. The zero-order valence-electron chi connectivity index (χ0n) is 4.78. The third-order valence-electron chi connectivity index (χ3n) is 0.638. The number of hydrogen-bond acceptors (Lipinski definition) is 2. The first kappa shape index (κ1) is 12.0. The number of aromatic nitrogens is 1. The van der Waals surface area contributed by atoms with Crippen molar-refractivity contribution in [2.75, 3.05) is 0 Å². The molecule has 9 heavy (non-hydrogen) atoms. The number of halogens is 1. The van der Waals surface area contributed by atoms with E-state index in [4.69, 9.17) is 12.6 Å². The van der Waals surface area contributed by atoms with Crippen LogP contribution in [0.2, 0.25) is 0 Å². The molecule has 0 aliphatic heterocycles. The molecule has 46 valence electrons. The molecule has 0 bridgehead atoms. The van der Waals surface area contributed by atoms with E-state index in [9.17, 15) is 0 Å². The van der Waals surface area contributed by atoms with Gasteiger partial charge in [-0.3, -0.25) is 4.98 Å². The van der Waals surface area contributed by atoms with Gasteiger partial charge in [-0.05, 0) is 6.07 Å². The maximum atomic E-state index is 4.70. The first-order valence-corrected chi connectivity index (χ1v) is 2.38. The molecular weight excluding hydrogens is 207 g/mol. The quantitative estimate of drug-likeness (QED) is 0.476. The van der Waals surface area contributed by atoms with E-state index in [0.717, 1.165) is 0 Å².